The summed E-state index contributed by atoms with van der Waals surface area (Å²) in [6, 6.07) is 22.0. The third kappa shape index (κ3) is 4.94. The first-order chi connectivity index (χ1) is 15.3. The van der Waals surface area contributed by atoms with Crippen LogP contribution in [0.3, 0.4) is 0 Å². The quantitative estimate of drug-likeness (QED) is 0.573. The van der Waals surface area contributed by atoms with Gasteiger partial charge in [-0.3, -0.25) is 9.59 Å². The molecule has 0 spiro atoms. The van der Waals surface area contributed by atoms with Crippen molar-refractivity contribution in [2.24, 2.45) is 0 Å². The highest BCUT2D eigenvalue weighted by molar-refractivity contribution is 6.30. The van der Waals surface area contributed by atoms with Crippen molar-refractivity contribution < 1.29 is 14.3 Å². The van der Waals surface area contributed by atoms with Crippen LogP contribution in [0.25, 0.3) is 0 Å². The van der Waals surface area contributed by atoms with Crippen LogP contribution in [0.15, 0.2) is 72.8 Å². The molecule has 0 radical (unpaired) electrons. The molecule has 4 rings (SSSR count). The lowest BCUT2D eigenvalue weighted by atomic mass is 9.98. The van der Waals surface area contributed by atoms with Gasteiger partial charge in [-0.25, -0.2) is 0 Å². The van der Waals surface area contributed by atoms with Crippen molar-refractivity contribution >= 4 is 29.1 Å². The second kappa shape index (κ2) is 9.05. The molecular formula is C26H25ClN2O3. The molecule has 0 bridgehead atoms. The van der Waals surface area contributed by atoms with Crippen molar-refractivity contribution in [1.82, 2.24) is 4.90 Å². The van der Waals surface area contributed by atoms with Crippen LogP contribution >= 0.6 is 11.6 Å². The maximum absolute atomic E-state index is 12.9. The molecule has 0 saturated heterocycles. The number of rotatable bonds is 5. The van der Waals surface area contributed by atoms with Crippen LogP contribution in [0, 0.1) is 0 Å². The van der Waals surface area contributed by atoms with E-state index in [1.54, 1.807) is 38.1 Å². The molecule has 1 N–H and O–H groups in total. The van der Waals surface area contributed by atoms with E-state index < -0.39 is 5.60 Å². The Morgan fingerprint density at radius 2 is 1.69 bits per heavy atom. The van der Waals surface area contributed by atoms with Gasteiger partial charge in [0.15, 0.2) is 5.60 Å². The number of benzene rings is 3. The van der Waals surface area contributed by atoms with Crippen LogP contribution in [0.5, 0.6) is 5.75 Å². The summed E-state index contributed by atoms with van der Waals surface area (Å²) in [5.74, 6) is 0.318. The van der Waals surface area contributed by atoms with Gasteiger partial charge in [-0.15, -0.1) is 0 Å². The lowest BCUT2D eigenvalue weighted by molar-refractivity contribution is -0.128. The smallest absolute Gasteiger partial charge is 0.267 e. The van der Waals surface area contributed by atoms with Gasteiger partial charge in [-0.1, -0.05) is 35.9 Å². The molecule has 1 aliphatic rings. The van der Waals surface area contributed by atoms with E-state index in [0.29, 0.717) is 35.1 Å². The highest BCUT2D eigenvalue weighted by atomic mass is 35.5. The number of carbonyl (C=O) groups excluding carboxylic acids is 2. The Hall–Kier alpha value is -3.31. The van der Waals surface area contributed by atoms with Crippen LogP contribution in [0.1, 0.15) is 35.3 Å². The van der Waals surface area contributed by atoms with Gasteiger partial charge in [-0.05, 0) is 79.9 Å². The highest BCUT2D eigenvalue weighted by Gasteiger charge is 2.30. The predicted octanol–water partition coefficient (Wildman–Crippen LogP) is 5.33. The summed E-state index contributed by atoms with van der Waals surface area (Å²) in [6.45, 7) is 4.62. The molecular weight excluding hydrogens is 424 g/mol. The molecule has 164 valence electrons. The van der Waals surface area contributed by atoms with Gasteiger partial charge >= 0.3 is 0 Å². The predicted molar refractivity (Wildman–Crippen MR) is 126 cm³/mol. The minimum atomic E-state index is -1.08. The van der Waals surface area contributed by atoms with Crippen molar-refractivity contribution in [3.8, 4) is 5.75 Å². The van der Waals surface area contributed by atoms with E-state index in [1.807, 2.05) is 53.4 Å². The fourth-order valence-electron chi connectivity index (χ4n) is 3.70. The zero-order valence-corrected chi connectivity index (χ0v) is 18.9. The van der Waals surface area contributed by atoms with Gasteiger partial charge in [-0.2, -0.15) is 0 Å². The molecule has 6 heteroatoms. The number of nitrogens with zero attached hydrogens (tertiary/aromatic N) is 1. The van der Waals surface area contributed by atoms with Crippen molar-refractivity contribution in [3.63, 3.8) is 0 Å². The van der Waals surface area contributed by atoms with Gasteiger partial charge in [0.1, 0.15) is 5.75 Å². The third-order valence-corrected chi connectivity index (χ3v) is 5.77. The molecule has 2 amide bonds. The first kappa shape index (κ1) is 21.9. The standard InChI is InChI=1S/C26H25ClN2O3/c1-26(2,32-23-12-9-21(27)10-13-23)25(31)28-22-11-8-18-14-15-29(17-20(18)16-22)24(30)19-6-4-3-5-7-19/h3-13,16H,14-15,17H2,1-2H3,(H,28,31). The summed E-state index contributed by atoms with van der Waals surface area (Å²) in [6.07, 6.45) is 0.785. The van der Waals surface area contributed by atoms with Crippen molar-refractivity contribution in [2.45, 2.75) is 32.4 Å². The number of ether oxygens (including phenoxy) is 1. The number of hydrogen-bond acceptors (Lipinski definition) is 3. The van der Waals surface area contributed by atoms with Crippen LogP contribution in [0.2, 0.25) is 5.02 Å². The van der Waals surface area contributed by atoms with Crippen LogP contribution in [0.4, 0.5) is 5.69 Å². The largest absolute Gasteiger partial charge is 0.478 e. The number of fused-ring (bicyclic) bond motifs is 1. The number of hydrogen-bond donors (Lipinski definition) is 1. The van der Waals surface area contributed by atoms with Gasteiger partial charge in [0.2, 0.25) is 0 Å². The average molecular weight is 449 g/mol. The summed E-state index contributed by atoms with van der Waals surface area (Å²) >= 11 is 5.92. The molecule has 1 heterocycles. The van der Waals surface area contributed by atoms with Crippen molar-refractivity contribution in [1.29, 1.82) is 0 Å². The monoisotopic (exact) mass is 448 g/mol. The minimum Gasteiger partial charge on any atom is -0.478 e. The van der Waals surface area contributed by atoms with E-state index in [9.17, 15) is 9.59 Å². The molecule has 5 nitrogen and oxygen atoms in total. The number of amides is 2. The molecule has 0 saturated carbocycles. The molecule has 0 aromatic heterocycles. The van der Waals surface area contributed by atoms with Crippen molar-refractivity contribution in [3.05, 3.63) is 94.5 Å². The first-order valence-corrected chi connectivity index (χ1v) is 10.9. The summed E-state index contributed by atoms with van der Waals surface area (Å²) < 4.78 is 5.88. The fourth-order valence-corrected chi connectivity index (χ4v) is 3.82. The summed E-state index contributed by atoms with van der Waals surface area (Å²) in [4.78, 5) is 27.6. The van der Waals surface area contributed by atoms with Crippen LogP contribution in [-0.4, -0.2) is 28.9 Å². The molecule has 3 aromatic carbocycles. The van der Waals surface area contributed by atoms with E-state index in [1.165, 1.54) is 5.56 Å². The summed E-state index contributed by atoms with van der Waals surface area (Å²) in [5, 5.41) is 3.55. The lowest BCUT2D eigenvalue weighted by Gasteiger charge is -2.30. The number of anilines is 1. The normalized spacial score (nSPS) is 13.3. The third-order valence-electron chi connectivity index (χ3n) is 5.52. The Morgan fingerprint density at radius 1 is 0.969 bits per heavy atom. The summed E-state index contributed by atoms with van der Waals surface area (Å²) in [7, 11) is 0. The Kier molecular flexibility index (Phi) is 6.19. The number of halogens is 1. The van der Waals surface area contributed by atoms with E-state index in [0.717, 1.165) is 12.0 Å². The Bertz CT molecular complexity index is 1130. The molecule has 1 aliphatic heterocycles. The Morgan fingerprint density at radius 3 is 2.41 bits per heavy atom. The number of carbonyl (C=O) groups is 2. The van der Waals surface area contributed by atoms with Gasteiger partial charge in [0, 0.05) is 29.4 Å². The topological polar surface area (TPSA) is 58.6 Å². The van der Waals surface area contributed by atoms with E-state index >= 15 is 0 Å². The first-order valence-electron chi connectivity index (χ1n) is 10.5. The van der Waals surface area contributed by atoms with Gasteiger partial charge in [0.25, 0.3) is 11.8 Å². The zero-order valence-electron chi connectivity index (χ0n) is 18.1. The number of nitrogens with one attached hydrogen (secondary N) is 1. The maximum atomic E-state index is 12.9. The van der Waals surface area contributed by atoms with Crippen LogP contribution in [-0.2, 0) is 17.8 Å². The Labute approximate surface area is 193 Å². The van der Waals surface area contributed by atoms with E-state index in [4.69, 9.17) is 16.3 Å². The lowest BCUT2D eigenvalue weighted by Crippen LogP contribution is -2.42. The zero-order chi connectivity index (χ0) is 22.7. The van der Waals surface area contributed by atoms with Gasteiger partial charge < -0.3 is 15.0 Å². The highest BCUT2D eigenvalue weighted by Crippen LogP contribution is 2.26. The average Bonchev–Trinajstić information content (AvgIpc) is 2.80. The molecule has 0 atom stereocenters. The molecule has 0 unspecified atom stereocenters. The molecule has 3 aromatic rings. The second-order valence-electron chi connectivity index (χ2n) is 8.35. The minimum absolute atomic E-state index is 0.0168. The van der Waals surface area contributed by atoms with Crippen LogP contribution < -0.4 is 10.1 Å². The van der Waals surface area contributed by atoms with Gasteiger partial charge in [0.05, 0.1) is 0 Å². The molecule has 32 heavy (non-hydrogen) atoms. The molecule has 0 aliphatic carbocycles. The molecule has 0 fully saturated rings. The van der Waals surface area contributed by atoms with E-state index in [-0.39, 0.29) is 11.8 Å². The van der Waals surface area contributed by atoms with E-state index in [2.05, 4.69) is 5.32 Å². The Balaban J connectivity index is 1.45. The van der Waals surface area contributed by atoms with Crippen molar-refractivity contribution in [2.75, 3.05) is 11.9 Å². The maximum Gasteiger partial charge on any atom is 0.267 e. The second-order valence-corrected chi connectivity index (χ2v) is 8.78. The SMILES string of the molecule is CC(C)(Oc1ccc(Cl)cc1)C(=O)Nc1ccc2c(c1)CN(C(=O)c1ccccc1)CC2. The fraction of sp³-hybridized carbons (Fsp3) is 0.231. The summed E-state index contributed by atoms with van der Waals surface area (Å²) in [5.41, 5.74) is 2.50.